The maximum Gasteiger partial charge on any atom is 0.144 e. The van der Waals surface area contributed by atoms with E-state index in [-0.39, 0.29) is 17.8 Å². The normalized spacial score (nSPS) is 11.3. The molecular weight excluding hydrogens is 270 g/mol. The zero-order chi connectivity index (χ0) is 15.2. The molecule has 0 radical (unpaired) electrons. The van der Waals surface area contributed by atoms with Crippen LogP contribution in [0.1, 0.15) is 26.3 Å². The van der Waals surface area contributed by atoms with Gasteiger partial charge in [-0.1, -0.05) is 39.1 Å². The van der Waals surface area contributed by atoms with Crippen molar-refractivity contribution in [2.45, 2.75) is 31.1 Å². The predicted molar refractivity (Wildman–Crippen MR) is 83.0 cm³/mol. The van der Waals surface area contributed by atoms with E-state index < -0.39 is 0 Å². The Kier molecular flexibility index (Phi) is 5.72. The second-order valence-corrected chi connectivity index (χ2v) is 6.29. The highest BCUT2D eigenvalue weighted by Crippen LogP contribution is 2.35. The number of nitrogens with zero attached hydrogens (tertiary/aromatic N) is 1. The van der Waals surface area contributed by atoms with E-state index in [1.165, 1.54) is 17.8 Å². The molecule has 0 aromatic heterocycles. The number of hydrogen-bond donors (Lipinski definition) is 1. The van der Waals surface area contributed by atoms with Gasteiger partial charge >= 0.3 is 0 Å². The van der Waals surface area contributed by atoms with Crippen LogP contribution in [0.15, 0.2) is 46.9 Å². The zero-order valence-corrected chi connectivity index (χ0v) is 12.8. The summed E-state index contributed by atoms with van der Waals surface area (Å²) in [6, 6.07) is 7.82. The summed E-state index contributed by atoms with van der Waals surface area (Å²) in [5.41, 5.74) is 0.968. The first kappa shape index (κ1) is 16.2. The topological polar surface area (TPSA) is 53.2 Å². The van der Waals surface area contributed by atoms with Crippen molar-refractivity contribution in [2.24, 2.45) is 0 Å². The predicted octanol–water partition coefficient (Wildman–Crippen LogP) is 4.56. The zero-order valence-electron chi connectivity index (χ0n) is 12.0. The number of aliphatic hydroxyl groups excluding tert-OH is 1. The lowest BCUT2D eigenvalue weighted by Gasteiger charge is -2.23. The van der Waals surface area contributed by atoms with Crippen LogP contribution in [-0.4, -0.2) is 11.7 Å². The monoisotopic (exact) mass is 289 g/mol. The molecule has 1 N–H and O–H groups in total. The van der Waals surface area contributed by atoms with E-state index >= 15 is 0 Å². The van der Waals surface area contributed by atoms with Gasteiger partial charge in [0.1, 0.15) is 18.1 Å². The molecule has 20 heavy (non-hydrogen) atoms. The lowest BCUT2D eigenvalue weighted by Crippen LogP contribution is -2.14. The van der Waals surface area contributed by atoms with Crippen LogP contribution in [-0.2, 0) is 5.41 Å². The lowest BCUT2D eigenvalue weighted by molar-refractivity contribution is 0.267. The summed E-state index contributed by atoms with van der Waals surface area (Å²) in [5.74, 6) is 0.738. The highest BCUT2D eigenvalue weighted by Gasteiger charge is 2.19. The van der Waals surface area contributed by atoms with Gasteiger partial charge in [-0.25, -0.2) is 0 Å². The molecule has 0 heterocycles. The Hall–Kier alpha value is -1.86. The molecule has 106 valence electrons. The summed E-state index contributed by atoms with van der Waals surface area (Å²) in [4.78, 5) is 1.04. The van der Waals surface area contributed by atoms with Crippen LogP contribution < -0.4 is 4.74 Å². The van der Waals surface area contributed by atoms with Gasteiger partial charge in [0.25, 0.3) is 0 Å². The molecule has 1 aromatic rings. The molecule has 0 unspecified atom stereocenters. The van der Waals surface area contributed by atoms with Crippen LogP contribution in [0, 0.1) is 11.3 Å². The number of ether oxygens (including phenoxy) is 1. The van der Waals surface area contributed by atoms with Crippen molar-refractivity contribution < 1.29 is 9.84 Å². The lowest BCUT2D eigenvalue weighted by atomic mass is 9.86. The Labute approximate surface area is 124 Å². The molecule has 0 bridgehead atoms. The fourth-order valence-corrected chi connectivity index (χ4v) is 2.22. The van der Waals surface area contributed by atoms with E-state index in [0.717, 1.165) is 16.2 Å². The van der Waals surface area contributed by atoms with Crippen molar-refractivity contribution >= 4 is 11.8 Å². The van der Waals surface area contributed by atoms with Gasteiger partial charge in [0, 0.05) is 16.5 Å². The Morgan fingerprint density at radius 3 is 2.75 bits per heavy atom. The van der Waals surface area contributed by atoms with Gasteiger partial charge in [0.2, 0.25) is 0 Å². The Bertz CT molecular complexity index is 551. The van der Waals surface area contributed by atoms with Gasteiger partial charge in [0.15, 0.2) is 0 Å². The summed E-state index contributed by atoms with van der Waals surface area (Å²) >= 11 is 1.48. The van der Waals surface area contributed by atoms with Gasteiger partial charge in [-0.05, 0) is 29.0 Å². The summed E-state index contributed by atoms with van der Waals surface area (Å²) < 4.78 is 5.58. The van der Waals surface area contributed by atoms with Crippen LogP contribution in [0.3, 0.4) is 0 Å². The van der Waals surface area contributed by atoms with Crippen molar-refractivity contribution in [1.29, 1.82) is 5.26 Å². The Balaban J connectivity index is 3.04. The number of benzene rings is 1. The molecule has 1 rings (SSSR count). The summed E-state index contributed by atoms with van der Waals surface area (Å²) in [6.07, 6.45) is 1.45. The van der Waals surface area contributed by atoms with E-state index in [4.69, 9.17) is 15.1 Å². The van der Waals surface area contributed by atoms with Gasteiger partial charge in [-0.3, -0.25) is 0 Å². The molecule has 1 aromatic carbocycles. The molecule has 0 amide bonds. The third-order valence-corrected chi connectivity index (χ3v) is 3.30. The molecule has 0 saturated carbocycles. The van der Waals surface area contributed by atoms with Gasteiger partial charge in [0.05, 0.1) is 6.07 Å². The molecule has 0 fully saturated rings. The average Bonchev–Trinajstić information content (AvgIpc) is 2.36. The number of nitriles is 1. The third kappa shape index (κ3) is 5.02. The minimum absolute atomic E-state index is 0.000245. The smallest absolute Gasteiger partial charge is 0.144 e. The maximum atomic E-state index is 9.14. The third-order valence-electron chi connectivity index (χ3n) is 2.50. The van der Waals surface area contributed by atoms with Crippen LogP contribution in [0.5, 0.6) is 5.75 Å². The largest absolute Gasteiger partial charge is 0.509 e. The van der Waals surface area contributed by atoms with E-state index in [9.17, 15) is 0 Å². The first-order valence-electron chi connectivity index (χ1n) is 6.20. The molecule has 0 aliphatic carbocycles. The average molecular weight is 289 g/mol. The SMILES string of the molecule is C=C(O)COc1ccc(S/C=C/C#N)cc1C(C)(C)C. The van der Waals surface area contributed by atoms with Crippen LogP contribution in [0.25, 0.3) is 0 Å². The van der Waals surface area contributed by atoms with Crippen molar-refractivity contribution in [2.75, 3.05) is 6.61 Å². The second-order valence-electron chi connectivity index (χ2n) is 5.31. The molecule has 0 saturated heterocycles. The molecule has 3 nitrogen and oxygen atoms in total. The number of thioether (sulfide) groups is 1. The maximum absolute atomic E-state index is 9.14. The molecular formula is C16H19NO2S. The fraction of sp³-hybridized carbons (Fsp3) is 0.312. The Morgan fingerprint density at radius 2 is 2.20 bits per heavy atom. The molecule has 0 spiro atoms. The highest BCUT2D eigenvalue weighted by atomic mass is 32.2. The standard InChI is InChI=1S/C16H19NO2S/c1-12(18)11-19-15-7-6-13(20-9-5-8-17)10-14(15)16(2,3)4/h5-7,9-10,18H,1,11H2,2-4H3/b9-5+. The molecule has 4 heteroatoms. The van der Waals surface area contributed by atoms with Crippen molar-refractivity contribution in [1.82, 2.24) is 0 Å². The molecule has 0 aliphatic heterocycles. The van der Waals surface area contributed by atoms with Crippen molar-refractivity contribution in [3.63, 3.8) is 0 Å². The van der Waals surface area contributed by atoms with E-state index in [2.05, 4.69) is 27.4 Å². The van der Waals surface area contributed by atoms with Crippen molar-refractivity contribution in [3.05, 3.63) is 47.6 Å². The van der Waals surface area contributed by atoms with Crippen molar-refractivity contribution in [3.8, 4) is 11.8 Å². The second kappa shape index (κ2) is 7.06. The minimum atomic E-state index is -0.0817. The van der Waals surface area contributed by atoms with Gasteiger partial charge < -0.3 is 9.84 Å². The fourth-order valence-electron chi connectivity index (χ4n) is 1.60. The summed E-state index contributed by atoms with van der Waals surface area (Å²) in [7, 11) is 0. The summed E-state index contributed by atoms with van der Waals surface area (Å²) in [5, 5.41) is 19.4. The van der Waals surface area contributed by atoms with Gasteiger partial charge in [-0.2, -0.15) is 5.26 Å². The number of allylic oxidation sites excluding steroid dienone is 1. The van der Waals surface area contributed by atoms with E-state index in [1.54, 1.807) is 5.41 Å². The van der Waals surface area contributed by atoms with Crippen LogP contribution in [0.2, 0.25) is 0 Å². The number of aliphatic hydroxyl groups is 1. The first-order chi connectivity index (χ1) is 9.34. The first-order valence-corrected chi connectivity index (χ1v) is 7.08. The summed E-state index contributed by atoms with van der Waals surface area (Å²) in [6.45, 7) is 9.80. The Morgan fingerprint density at radius 1 is 1.50 bits per heavy atom. The van der Waals surface area contributed by atoms with E-state index in [1.807, 2.05) is 24.3 Å². The minimum Gasteiger partial charge on any atom is -0.509 e. The number of rotatable bonds is 5. The molecule has 0 atom stereocenters. The van der Waals surface area contributed by atoms with Crippen LogP contribution >= 0.6 is 11.8 Å². The molecule has 0 aliphatic rings. The van der Waals surface area contributed by atoms with Gasteiger partial charge in [-0.15, -0.1) is 0 Å². The quantitative estimate of drug-likeness (QED) is 0.490. The van der Waals surface area contributed by atoms with Crippen LogP contribution in [0.4, 0.5) is 0 Å². The highest BCUT2D eigenvalue weighted by molar-refractivity contribution is 8.02. The van der Waals surface area contributed by atoms with E-state index in [0.29, 0.717) is 0 Å². The number of hydrogen-bond acceptors (Lipinski definition) is 4.